The van der Waals surface area contributed by atoms with E-state index in [1.807, 2.05) is 0 Å². The van der Waals surface area contributed by atoms with Crippen LogP contribution in [0.3, 0.4) is 0 Å². The molecule has 9 heavy (non-hydrogen) atoms. The number of esters is 1. The molecule has 0 aliphatic carbocycles. The molecule has 0 saturated heterocycles. The van der Waals surface area contributed by atoms with Gasteiger partial charge < -0.3 is 4.74 Å². The summed E-state index contributed by atoms with van der Waals surface area (Å²) >= 11 is 0. The van der Waals surface area contributed by atoms with Gasteiger partial charge >= 0.3 is 5.97 Å². The van der Waals surface area contributed by atoms with Gasteiger partial charge in [0.05, 0.1) is 7.11 Å². The van der Waals surface area contributed by atoms with E-state index in [9.17, 15) is 4.79 Å². The third-order valence-corrected chi connectivity index (χ3v) is 0.647. The van der Waals surface area contributed by atoms with Gasteiger partial charge in [-0.3, -0.25) is 4.99 Å². The van der Waals surface area contributed by atoms with Crippen LogP contribution < -0.4 is 0 Å². The molecule has 50 valence electrons. The first-order chi connectivity index (χ1) is 4.31. The zero-order valence-electron chi connectivity index (χ0n) is 5.50. The van der Waals surface area contributed by atoms with Gasteiger partial charge in [-0.25, -0.2) is 4.79 Å². The SMILES string of the molecule is C/C=N\C=C\C(=O)OC. The molecule has 0 aliphatic heterocycles. The number of hydrogen-bond acceptors (Lipinski definition) is 3. The topological polar surface area (TPSA) is 38.7 Å². The Bertz CT molecular complexity index is 138. The summed E-state index contributed by atoms with van der Waals surface area (Å²) in [6, 6.07) is 0. The average Bonchev–Trinajstić information content (AvgIpc) is 1.89. The average molecular weight is 127 g/mol. The van der Waals surface area contributed by atoms with Gasteiger partial charge in [-0.05, 0) is 6.92 Å². The molecule has 3 nitrogen and oxygen atoms in total. The van der Waals surface area contributed by atoms with Crippen LogP contribution in [-0.4, -0.2) is 19.3 Å². The van der Waals surface area contributed by atoms with Crippen LogP contribution in [0.25, 0.3) is 0 Å². The molecule has 0 heterocycles. The van der Waals surface area contributed by atoms with Gasteiger partial charge in [0, 0.05) is 18.5 Å². The van der Waals surface area contributed by atoms with Crippen molar-refractivity contribution in [3.8, 4) is 0 Å². The predicted molar refractivity (Wildman–Crippen MR) is 35.3 cm³/mol. The fourth-order valence-corrected chi connectivity index (χ4v) is 0.258. The summed E-state index contributed by atoms with van der Waals surface area (Å²) in [6.07, 6.45) is 4.21. The van der Waals surface area contributed by atoms with E-state index in [4.69, 9.17) is 0 Å². The van der Waals surface area contributed by atoms with Gasteiger partial charge in [-0.1, -0.05) is 0 Å². The zero-order chi connectivity index (χ0) is 7.11. The molecule has 0 aromatic carbocycles. The van der Waals surface area contributed by atoms with Crippen molar-refractivity contribution in [2.75, 3.05) is 7.11 Å². The maximum atomic E-state index is 10.3. The van der Waals surface area contributed by atoms with Crippen molar-refractivity contribution in [1.29, 1.82) is 0 Å². The van der Waals surface area contributed by atoms with Crippen LogP contribution >= 0.6 is 0 Å². The Morgan fingerprint density at radius 2 is 2.33 bits per heavy atom. The Balaban J connectivity index is 3.57. The second-order valence-electron chi connectivity index (χ2n) is 1.25. The van der Waals surface area contributed by atoms with Crippen LogP contribution in [0.1, 0.15) is 6.92 Å². The predicted octanol–water partition coefficient (Wildman–Crippen LogP) is 0.764. The van der Waals surface area contributed by atoms with E-state index in [-0.39, 0.29) is 5.97 Å². The number of aliphatic imine (C=N–C) groups is 1. The van der Waals surface area contributed by atoms with Crippen LogP contribution in [0, 0.1) is 0 Å². The molecule has 0 bridgehead atoms. The molecule has 3 heteroatoms. The first-order valence-electron chi connectivity index (χ1n) is 2.53. The van der Waals surface area contributed by atoms with Crippen LogP contribution in [0.15, 0.2) is 17.3 Å². The molecule has 0 amide bonds. The largest absolute Gasteiger partial charge is 0.466 e. The molecule has 0 fully saturated rings. The molecule has 0 unspecified atom stereocenters. The minimum absolute atomic E-state index is 0.388. The monoisotopic (exact) mass is 127 g/mol. The molecule has 0 rings (SSSR count). The van der Waals surface area contributed by atoms with Gasteiger partial charge in [0.2, 0.25) is 0 Å². The summed E-state index contributed by atoms with van der Waals surface area (Å²) in [7, 11) is 1.32. The molecular weight excluding hydrogens is 118 g/mol. The number of hydrogen-bond donors (Lipinski definition) is 0. The Labute approximate surface area is 54.0 Å². The second kappa shape index (κ2) is 5.03. The maximum Gasteiger partial charge on any atom is 0.332 e. The molecular formula is C6H9NO2. The number of carbonyl (C=O) groups excluding carboxylic acids is 1. The minimum atomic E-state index is -0.388. The normalized spacial score (nSPS) is 10.9. The highest BCUT2D eigenvalue weighted by Crippen LogP contribution is 1.77. The third kappa shape index (κ3) is 4.74. The lowest BCUT2D eigenvalue weighted by Crippen LogP contribution is -1.92. The van der Waals surface area contributed by atoms with Crippen molar-refractivity contribution >= 4 is 12.2 Å². The quantitative estimate of drug-likeness (QED) is 0.312. The number of methoxy groups -OCH3 is 1. The molecule has 0 saturated carbocycles. The maximum absolute atomic E-state index is 10.3. The lowest BCUT2D eigenvalue weighted by molar-refractivity contribution is -0.134. The molecule has 0 aromatic rings. The van der Waals surface area contributed by atoms with E-state index in [0.29, 0.717) is 0 Å². The number of ether oxygens (including phenoxy) is 1. The summed E-state index contributed by atoms with van der Waals surface area (Å²) < 4.78 is 4.30. The van der Waals surface area contributed by atoms with Crippen molar-refractivity contribution < 1.29 is 9.53 Å². The molecule has 0 atom stereocenters. The highest BCUT2D eigenvalue weighted by molar-refractivity contribution is 5.81. The molecule has 0 spiro atoms. The third-order valence-electron chi connectivity index (χ3n) is 0.647. The summed E-state index contributed by atoms with van der Waals surface area (Å²) in [5.74, 6) is -0.388. The first kappa shape index (κ1) is 7.88. The van der Waals surface area contributed by atoms with Gasteiger partial charge in [0.1, 0.15) is 0 Å². The minimum Gasteiger partial charge on any atom is -0.466 e. The van der Waals surface area contributed by atoms with Crippen LogP contribution in [0.4, 0.5) is 0 Å². The summed E-state index contributed by atoms with van der Waals surface area (Å²) in [4.78, 5) is 14.0. The Hall–Kier alpha value is -1.12. The lowest BCUT2D eigenvalue weighted by Gasteiger charge is -1.85. The van der Waals surface area contributed by atoms with Gasteiger partial charge in [0.15, 0.2) is 0 Å². The van der Waals surface area contributed by atoms with E-state index in [1.165, 1.54) is 19.4 Å². The van der Waals surface area contributed by atoms with E-state index in [1.54, 1.807) is 13.1 Å². The van der Waals surface area contributed by atoms with Crippen molar-refractivity contribution in [2.24, 2.45) is 4.99 Å². The Kier molecular flexibility index (Phi) is 4.40. The highest BCUT2D eigenvalue weighted by Gasteiger charge is 1.85. The fourth-order valence-electron chi connectivity index (χ4n) is 0.258. The zero-order valence-corrected chi connectivity index (χ0v) is 5.50. The van der Waals surface area contributed by atoms with Crippen LogP contribution in [-0.2, 0) is 9.53 Å². The van der Waals surface area contributed by atoms with Crippen LogP contribution in [0.2, 0.25) is 0 Å². The highest BCUT2D eigenvalue weighted by atomic mass is 16.5. The van der Waals surface area contributed by atoms with E-state index >= 15 is 0 Å². The van der Waals surface area contributed by atoms with E-state index in [2.05, 4.69) is 9.73 Å². The summed E-state index contributed by atoms with van der Waals surface area (Å²) in [5, 5.41) is 0. The van der Waals surface area contributed by atoms with Crippen LogP contribution in [0.5, 0.6) is 0 Å². The van der Waals surface area contributed by atoms with E-state index in [0.717, 1.165) is 0 Å². The molecule has 0 aliphatic rings. The van der Waals surface area contributed by atoms with E-state index < -0.39 is 0 Å². The first-order valence-corrected chi connectivity index (χ1v) is 2.53. The molecule has 0 N–H and O–H groups in total. The van der Waals surface area contributed by atoms with Crippen molar-refractivity contribution in [2.45, 2.75) is 6.92 Å². The summed E-state index contributed by atoms with van der Waals surface area (Å²) in [6.45, 7) is 1.77. The Morgan fingerprint density at radius 1 is 1.67 bits per heavy atom. The fraction of sp³-hybridized carbons (Fsp3) is 0.333. The van der Waals surface area contributed by atoms with Crippen molar-refractivity contribution in [3.05, 3.63) is 12.3 Å². The number of rotatable bonds is 2. The van der Waals surface area contributed by atoms with Gasteiger partial charge in [-0.2, -0.15) is 0 Å². The van der Waals surface area contributed by atoms with Gasteiger partial charge in [-0.15, -0.1) is 0 Å². The number of carbonyl (C=O) groups is 1. The lowest BCUT2D eigenvalue weighted by atomic mass is 10.6. The van der Waals surface area contributed by atoms with Crippen molar-refractivity contribution in [1.82, 2.24) is 0 Å². The Morgan fingerprint density at radius 3 is 2.78 bits per heavy atom. The second-order valence-corrected chi connectivity index (χ2v) is 1.25. The number of nitrogens with zero attached hydrogens (tertiary/aromatic N) is 1. The standard InChI is InChI=1S/C6H9NO2/c1-3-7-5-4-6(8)9-2/h3-5H,1-2H3/b5-4+,7-3-. The van der Waals surface area contributed by atoms with Gasteiger partial charge in [0.25, 0.3) is 0 Å². The molecule has 0 radical (unpaired) electrons. The molecule has 0 aromatic heterocycles. The smallest absolute Gasteiger partial charge is 0.332 e. The van der Waals surface area contributed by atoms with Crippen molar-refractivity contribution in [3.63, 3.8) is 0 Å². The summed E-state index contributed by atoms with van der Waals surface area (Å²) in [5.41, 5.74) is 0.